The second-order valence-electron chi connectivity index (χ2n) is 3.97. The third kappa shape index (κ3) is 6.18. The lowest BCUT2D eigenvalue weighted by Gasteiger charge is -2.18. The summed E-state index contributed by atoms with van der Waals surface area (Å²) in [5.41, 5.74) is 6.71. The van der Waals surface area contributed by atoms with E-state index in [0.717, 1.165) is 23.6 Å². The van der Waals surface area contributed by atoms with E-state index in [4.69, 9.17) is 17.4 Å². The van der Waals surface area contributed by atoms with Crippen LogP contribution in [0.1, 0.15) is 18.0 Å². The summed E-state index contributed by atoms with van der Waals surface area (Å²) in [6, 6.07) is 10.0. The minimum Gasteiger partial charge on any atom is -0.409 e. The Bertz CT molecular complexity index is 428. The van der Waals surface area contributed by atoms with E-state index in [1.807, 2.05) is 30.3 Å². The Balaban J connectivity index is 2.53. The van der Waals surface area contributed by atoms with Gasteiger partial charge in [-0.1, -0.05) is 41.4 Å². The standard InChI is InChI=1S/C14H19N3OS/c1-2-9-19-10-8-16-13(11-14(15)17-18)12-6-4-3-5-7-12/h1,3-7,13,16,18H,8-11H2,(H2,15,17). The molecular weight excluding hydrogens is 258 g/mol. The van der Waals surface area contributed by atoms with Crippen LogP contribution >= 0.6 is 11.8 Å². The molecule has 0 amide bonds. The molecule has 0 aliphatic rings. The number of nitrogens with two attached hydrogens (primary N) is 1. The summed E-state index contributed by atoms with van der Waals surface area (Å²) in [6.07, 6.45) is 5.67. The lowest BCUT2D eigenvalue weighted by Crippen LogP contribution is -2.28. The molecule has 0 aliphatic carbocycles. The quantitative estimate of drug-likeness (QED) is 0.169. The van der Waals surface area contributed by atoms with Gasteiger partial charge in [0.1, 0.15) is 5.84 Å². The predicted molar refractivity (Wildman–Crippen MR) is 81.4 cm³/mol. The maximum Gasteiger partial charge on any atom is 0.141 e. The smallest absolute Gasteiger partial charge is 0.141 e. The molecule has 0 spiro atoms. The zero-order valence-corrected chi connectivity index (χ0v) is 11.6. The van der Waals surface area contributed by atoms with Gasteiger partial charge in [0.25, 0.3) is 0 Å². The van der Waals surface area contributed by atoms with Crippen LogP contribution in [-0.4, -0.2) is 29.1 Å². The first-order valence-corrected chi connectivity index (χ1v) is 7.19. The monoisotopic (exact) mass is 277 g/mol. The normalized spacial score (nSPS) is 12.9. The van der Waals surface area contributed by atoms with E-state index in [-0.39, 0.29) is 11.9 Å². The average Bonchev–Trinajstić information content (AvgIpc) is 2.46. The Labute approximate surface area is 118 Å². The van der Waals surface area contributed by atoms with Crippen molar-refractivity contribution >= 4 is 17.6 Å². The summed E-state index contributed by atoms with van der Waals surface area (Å²) in [7, 11) is 0. The Morgan fingerprint density at radius 1 is 1.47 bits per heavy atom. The van der Waals surface area contributed by atoms with Gasteiger partial charge >= 0.3 is 0 Å². The van der Waals surface area contributed by atoms with Crippen LogP contribution in [0, 0.1) is 12.3 Å². The number of benzene rings is 1. The summed E-state index contributed by atoms with van der Waals surface area (Å²) >= 11 is 1.71. The average molecular weight is 277 g/mol. The fraction of sp³-hybridized carbons (Fsp3) is 0.357. The van der Waals surface area contributed by atoms with Crippen molar-refractivity contribution < 1.29 is 5.21 Å². The van der Waals surface area contributed by atoms with Crippen LogP contribution in [0.25, 0.3) is 0 Å². The van der Waals surface area contributed by atoms with Crippen molar-refractivity contribution in [3.8, 4) is 12.3 Å². The van der Waals surface area contributed by atoms with Crippen LogP contribution in [0.4, 0.5) is 0 Å². The highest BCUT2D eigenvalue weighted by Gasteiger charge is 2.12. The summed E-state index contributed by atoms with van der Waals surface area (Å²) in [6.45, 7) is 0.824. The van der Waals surface area contributed by atoms with E-state index >= 15 is 0 Å². The molecule has 0 bridgehead atoms. The molecule has 5 heteroatoms. The fourth-order valence-corrected chi connectivity index (χ4v) is 2.20. The number of oxime groups is 1. The summed E-state index contributed by atoms with van der Waals surface area (Å²) in [5, 5.41) is 15.1. The molecular formula is C14H19N3OS. The van der Waals surface area contributed by atoms with Crippen molar-refractivity contribution in [2.45, 2.75) is 12.5 Å². The summed E-state index contributed by atoms with van der Waals surface area (Å²) < 4.78 is 0. The Morgan fingerprint density at radius 3 is 2.84 bits per heavy atom. The van der Waals surface area contributed by atoms with Crippen LogP contribution in [-0.2, 0) is 0 Å². The van der Waals surface area contributed by atoms with Gasteiger partial charge in [-0.05, 0) is 5.56 Å². The molecule has 19 heavy (non-hydrogen) atoms. The maximum absolute atomic E-state index is 8.68. The molecule has 102 valence electrons. The van der Waals surface area contributed by atoms with Crippen molar-refractivity contribution in [1.29, 1.82) is 0 Å². The number of terminal acetylenes is 1. The summed E-state index contributed by atoms with van der Waals surface area (Å²) in [5.74, 6) is 4.47. The highest BCUT2D eigenvalue weighted by Crippen LogP contribution is 2.16. The molecule has 1 atom stereocenters. The van der Waals surface area contributed by atoms with Crippen LogP contribution in [0.3, 0.4) is 0 Å². The number of nitrogens with one attached hydrogen (secondary N) is 1. The minimum absolute atomic E-state index is 0.0449. The second kappa shape index (κ2) is 9.31. The first-order chi connectivity index (χ1) is 9.27. The number of nitrogens with zero attached hydrogens (tertiary/aromatic N) is 1. The molecule has 4 N–H and O–H groups in total. The third-order valence-corrected chi connectivity index (χ3v) is 3.43. The van der Waals surface area contributed by atoms with E-state index in [9.17, 15) is 0 Å². The molecule has 4 nitrogen and oxygen atoms in total. The molecule has 0 fully saturated rings. The van der Waals surface area contributed by atoms with Gasteiger partial charge in [-0.2, -0.15) is 0 Å². The van der Waals surface area contributed by atoms with Gasteiger partial charge < -0.3 is 16.3 Å². The Hall–Kier alpha value is -1.64. The molecule has 0 aliphatic heterocycles. The van der Waals surface area contributed by atoms with Crippen LogP contribution in [0.5, 0.6) is 0 Å². The first kappa shape index (κ1) is 15.4. The van der Waals surface area contributed by atoms with Crippen molar-refractivity contribution in [3.05, 3.63) is 35.9 Å². The molecule has 0 saturated heterocycles. The molecule has 0 aromatic heterocycles. The molecule has 1 aromatic rings. The number of hydrogen-bond acceptors (Lipinski definition) is 4. The Morgan fingerprint density at radius 2 is 2.21 bits per heavy atom. The highest BCUT2D eigenvalue weighted by molar-refractivity contribution is 7.99. The van der Waals surface area contributed by atoms with Gasteiger partial charge in [-0.3, -0.25) is 0 Å². The molecule has 0 radical (unpaired) electrons. The fourth-order valence-electron chi connectivity index (χ4n) is 1.68. The van der Waals surface area contributed by atoms with Gasteiger partial charge in [0, 0.05) is 24.8 Å². The van der Waals surface area contributed by atoms with Crippen LogP contribution < -0.4 is 11.1 Å². The number of amidine groups is 1. The predicted octanol–water partition coefficient (Wildman–Crippen LogP) is 1.82. The first-order valence-electron chi connectivity index (χ1n) is 6.04. The SMILES string of the molecule is C#CCSCCNC(C/C(N)=N\O)c1ccccc1. The zero-order valence-electron chi connectivity index (χ0n) is 10.7. The van der Waals surface area contributed by atoms with Crippen LogP contribution in [0.2, 0.25) is 0 Å². The van der Waals surface area contributed by atoms with E-state index in [1.54, 1.807) is 11.8 Å². The van der Waals surface area contributed by atoms with Crippen molar-refractivity contribution in [3.63, 3.8) is 0 Å². The molecule has 0 heterocycles. The largest absolute Gasteiger partial charge is 0.409 e. The highest BCUT2D eigenvalue weighted by atomic mass is 32.2. The van der Waals surface area contributed by atoms with Gasteiger partial charge in [-0.15, -0.1) is 18.2 Å². The zero-order chi connectivity index (χ0) is 13.9. The summed E-state index contributed by atoms with van der Waals surface area (Å²) in [4.78, 5) is 0. The van der Waals surface area contributed by atoms with Gasteiger partial charge in [0.2, 0.25) is 0 Å². The number of hydrogen-bond donors (Lipinski definition) is 3. The minimum atomic E-state index is 0.0449. The number of thioether (sulfide) groups is 1. The lowest BCUT2D eigenvalue weighted by atomic mass is 10.0. The van der Waals surface area contributed by atoms with E-state index in [0.29, 0.717) is 6.42 Å². The van der Waals surface area contributed by atoms with Crippen molar-refractivity contribution in [2.24, 2.45) is 10.9 Å². The second-order valence-corrected chi connectivity index (χ2v) is 5.07. The molecule has 1 rings (SSSR count). The maximum atomic E-state index is 8.68. The van der Waals surface area contributed by atoms with E-state index < -0.39 is 0 Å². The third-order valence-electron chi connectivity index (χ3n) is 2.57. The van der Waals surface area contributed by atoms with Gasteiger partial charge in [-0.25, -0.2) is 0 Å². The van der Waals surface area contributed by atoms with Gasteiger partial charge in [0.05, 0.1) is 5.75 Å². The van der Waals surface area contributed by atoms with E-state index in [1.165, 1.54) is 0 Å². The van der Waals surface area contributed by atoms with Gasteiger partial charge in [0.15, 0.2) is 0 Å². The van der Waals surface area contributed by atoms with Crippen LogP contribution in [0.15, 0.2) is 35.5 Å². The van der Waals surface area contributed by atoms with Crippen molar-refractivity contribution in [1.82, 2.24) is 5.32 Å². The molecule has 1 aromatic carbocycles. The molecule has 0 saturated carbocycles. The topological polar surface area (TPSA) is 70.6 Å². The van der Waals surface area contributed by atoms with E-state index in [2.05, 4.69) is 16.4 Å². The molecule has 1 unspecified atom stereocenters. The Kier molecular flexibility index (Phi) is 7.56. The van der Waals surface area contributed by atoms with Crippen molar-refractivity contribution in [2.75, 3.05) is 18.1 Å². The number of rotatable bonds is 8. The lowest BCUT2D eigenvalue weighted by molar-refractivity contribution is 0.315.